The molecule has 3 aliphatic rings. The zero-order valence-electron chi connectivity index (χ0n) is 10.4. The van der Waals surface area contributed by atoms with Crippen LogP contribution in [0.15, 0.2) is 24.3 Å². The van der Waals surface area contributed by atoms with Crippen molar-refractivity contribution in [3.63, 3.8) is 0 Å². The standard InChI is InChI=1S/C14H19ClN2O/c15-12-3-1-11(2-4-12)9-14(18)13-10-16-5-7-17(13)8-6-16/h1-4,13-14,18H,5-10H2. The number of nitrogens with zero attached hydrogens (tertiary/aromatic N) is 2. The van der Waals surface area contributed by atoms with Gasteiger partial charge in [-0.3, -0.25) is 9.80 Å². The molecule has 2 atom stereocenters. The lowest BCUT2D eigenvalue weighted by atomic mass is 9.97. The summed E-state index contributed by atoms with van der Waals surface area (Å²) in [5.41, 5.74) is 1.16. The highest BCUT2D eigenvalue weighted by atomic mass is 35.5. The highest BCUT2D eigenvalue weighted by Crippen LogP contribution is 2.21. The zero-order valence-corrected chi connectivity index (χ0v) is 11.2. The molecule has 98 valence electrons. The van der Waals surface area contributed by atoms with Crippen LogP contribution >= 0.6 is 11.6 Å². The van der Waals surface area contributed by atoms with E-state index >= 15 is 0 Å². The Kier molecular flexibility index (Phi) is 3.57. The van der Waals surface area contributed by atoms with Gasteiger partial charge in [0, 0.05) is 43.8 Å². The predicted octanol–water partition coefficient (Wildman–Crippen LogP) is 1.24. The fourth-order valence-corrected chi connectivity index (χ4v) is 3.15. The van der Waals surface area contributed by atoms with Gasteiger partial charge in [0.05, 0.1) is 6.10 Å². The highest BCUT2D eigenvalue weighted by molar-refractivity contribution is 6.30. The first-order valence-corrected chi connectivity index (χ1v) is 6.99. The lowest BCUT2D eigenvalue weighted by Gasteiger charge is -2.49. The Morgan fingerprint density at radius 1 is 1.17 bits per heavy atom. The average molecular weight is 267 g/mol. The van der Waals surface area contributed by atoms with Crippen LogP contribution in [0.1, 0.15) is 5.56 Å². The molecule has 18 heavy (non-hydrogen) atoms. The lowest BCUT2D eigenvalue weighted by molar-refractivity contribution is -0.0453. The molecule has 4 rings (SSSR count). The molecule has 3 aliphatic heterocycles. The maximum Gasteiger partial charge on any atom is 0.0748 e. The molecule has 0 saturated carbocycles. The summed E-state index contributed by atoms with van der Waals surface area (Å²) in [4.78, 5) is 4.89. The fraction of sp³-hybridized carbons (Fsp3) is 0.571. The van der Waals surface area contributed by atoms with Gasteiger partial charge in [0.15, 0.2) is 0 Å². The van der Waals surface area contributed by atoms with Crippen LogP contribution in [-0.2, 0) is 6.42 Å². The molecule has 2 bridgehead atoms. The zero-order chi connectivity index (χ0) is 12.5. The minimum absolute atomic E-state index is 0.283. The Hall–Kier alpha value is -0.610. The van der Waals surface area contributed by atoms with E-state index in [0.717, 1.165) is 43.3 Å². The van der Waals surface area contributed by atoms with Crippen LogP contribution in [0.3, 0.4) is 0 Å². The number of benzene rings is 1. The summed E-state index contributed by atoms with van der Waals surface area (Å²) in [5.74, 6) is 0. The smallest absolute Gasteiger partial charge is 0.0748 e. The van der Waals surface area contributed by atoms with Crippen LogP contribution in [0.5, 0.6) is 0 Å². The Labute approximate surface area is 113 Å². The van der Waals surface area contributed by atoms with Gasteiger partial charge in [-0.1, -0.05) is 23.7 Å². The minimum atomic E-state index is -0.283. The lowest BCUT2D eigenvalue weighted by Crippen LogP contribution is -2.64. The van der Waals surface area contributed by atoms with Crippen LogP contribution in [-0.4, -0.2) is 59.8 Å². The summed E-state index contributed by atoms with van der Waals surface area (Å²) in [7, 11) is 0. The van der Waals surface area contributed by atoms with Crippen LogP contribution in [0.4, 0.5) is 0 Å². The number of halogens is 1. The third-order valence-electron chi connectivity index (χ3n) is 4.12. The van der Waals surface area contributed by atoms with Crippen molar-refractivity contribution in [1.82, 2.24) is 9.80 Å². The van der Waals surface area contributed by atoms with E-state index in [0.29, 0.717) is 12.5 Å². The number of piperazine rings is 3. The largest absolute Gasteiger partial charge is 0.391 e. The van der Waals surface area contributed by atoms with Crippen molar-refractivity contribution in [3.8, 4) is 0 Å². The number of fused-ring (bicyclic) bond motifs is 3. The summed E-state index contributed by atoms with van der Waals surface area (Å²) in [6.07, 6.45) is 0.431. The van der Waals surface area contributed by atoms with E-state index in [1.54, 1.807) is 0 Å². The molecule has 3 nitrogen and oxygen atoms in total. The molecule has 2 unspecified atom stereocenters. The fourth-order valence-electron chi connectivity index (χ4n) is 3.02. The van der Waals surface area contributed by atoms with E-state index in [1.165, 1.54) is 0 Å². The second-order valence-electron chi connectivity index (χ2n) is 5.30. The molecule has 0 aliphatic carbocycles. The quantitative estimate of drug-likeness (QED) is 0.892. The molecule has 0 spiro atoms. The Bertz CT molecular complexity index is 401. The van der Waals surface area contributed by atoms with Crippen molar-refractivity contribution in [1.29, 1.82) is 0 Å². The third-order valence-corrected chi connectivity index (χ3v) is 4.38. The summed E-state index contributed by atoms with van der Waals surface area (Å²) in [6, 6.07) is 8.08. The minimum Gasteiger partial charge on any atom is -0.391 e. The van der Waals surface area contributed by atoms with Gasteiger partial charge in [-0.05, 0) is 24.1 Å². The first-order chi connectivity index (χ1) is 8.72. The summed E-state index contributed by atoms with van der Waals surface area (Å²) >= 11 is 5.87. The number of aliphatic hydroxyl groups excluding tert-OH is 1. The maximum atomic E-state index is 10.4. The Balaban J connectivity index is 1.64. The molecule has 0 amide bonds. The third kappa shape index (κ3) is 2.54. The first-order valence-electron chi connectivity index (χ1n) is 6.61. The summed E-state index contributed by atoms with van der Waals surface area (Å²) in [5, 5.41) is 11.2. The summed E-state index contributed by atoms with van der Waals surface area (Å²) in [6.45, 7) is 5.52. The van der Waals surface area contributed by atoms with Gasteiger partial charge in [-0.2, -0.15) is 0 Å². The molecule has 1 aromatic rings. The number of hydrogen-bond donors (Lipinski definition) is 1. The molecule has 3 heterocycles. The van der Waals surface area contributed by atoms with Gasteiger partial charge in [0.25, 0.3) is 0 Å². The number of hydrogen-bond acceptors (Lipinski definition) is 3. The molecule has 1 aromatic carbocycles. The van der Waals surface area contributed by atoms with E-state index in [1.807, 2.05) is 24.3 Å². The molecule has 0 radical (unpaired) electrons. The van der Waals surface area contributed by atoms with Crippen molar-refractivity contribution >= 4 is 11.6 Å². The van der Waals surface area contributed by atoms with Crippen molar-refractivity contribution in [3.05, 3.63) is 34.9 Å². The molecule has 4 heteroatoms. The van der Waals surface area contributed by atoms with Gasteiger partial charge >= 0.3 is 0 Å². The number of rotatable bonds is 3. The number of aliphatic hydroxyl groups is 1. The van der Waals surface area contributed by atoms with Crippen molar-refractivity contribution in [2.75, 3.05) is 32.7 Å². The van der Waals surface area contributed by atoms with Gasteiger partial charge in [-0.15, -0.1) is 0 Å². The van der Waals surface area contributed by atoms with Crippen LogP contribution < -0.4 is 0 Å². The molecular formula is C14H19ClN2O. The normalized spacial score (nSPS) is 32.4. The maximum absolute atomic E-state index is 10.4. The summed E-state index contributed by atoms with van der Waals surface area (Å²) < 4.78 is 0. The SMILES string of the molecule is OC(Cc1ccc(Cl)cc1)C1CN2CCN1CC2. The second kappa shape index (κ2) is 5.17. The molecule has 3 saturated heterocycles. The molecule has 3 fully saturated rings. The molecule has 1 N–H and O–H groups in total. The monoisotopic (exact) mass is 266 g/mol. The average Bonchev–Trinajstić information content (AvgIpc) is 2.42. The van der Waals surface area contributed by atoms with Crippen molar-refractivity contribution in [2.45, 2.75) is 18.6 Å². The van der Waals surface area contributed by atoms with Crippen molar-refractivity contribution in [2.24, 2.45) is 0 Å². The van der Waals surface area contributed by atoms with Crippen LogP contribution in [0.2, 0.25) is 5.02 Å². The van der Waals surface area contributed by atoms with Crippen LogP contribution in [0.25, 0.3) is 0 Å². The van der Waals surface area contributed by atoms with Gasteiger partial charge in [0.2, 0.25) is 0 Å². The Morgan fingerprint density at radius 3 is 2.39 bits per heavy atom. The topological polar surface area (TPSA) is 26.7 Å². The van der Waals surface area contributed by atoms with Gasteiger partial charge < -0.3 is 5.11 Å². The van der Waals surface area contributed by atoms with E-state index in [4.69, 9.17) is 11.6 Å². The van der Waals surface area contributed by atoms with E-state index in [2.05, 4.69) is 9.80 Å². The van der Waals surface area contributed by atoms with E-state index in [-0.39, 0.29) is 6.10 Å². The predicted molar refractivity (Wildman–Crippen MR) is 73.0 cm³/mol. The van der Waals surface area contributed by atoms with Gasteiger partial charge in [-0.25, -0.2) is 0 Å². The van der Waals surface area contributed by atoms with E-state index in [9.17, 15) is 5.11 Å². The van der Waals surface area contributed by atoms with E-state index < -0.39 is 0 Å². The van der Waals surface area contributed by atoms with Crippen molar-refractivity contribution < 1.29 is 5.11 Å². The highest BCUT2D eigenvalue weighted by Gasteiger charge is 2.35. The first kappa shape index (κ1) is 12.4. The Morgan fingerprint density at radius 2 is 1.83 bits per heavy atom. The van der Waals surface area contributed by atoms with Crippen LogP contribution in [0, 0.1) is 0 Å². The second-order valence-corrected chi connectivity index (χ2v) is 5.74. The molecular weight excluding hydrogens is 248 g/mol. The molecule has 0 aromatic heterocycles. The van der Waals surface area contributed by atoms with Gasteiger partial charge in [0.1, 0.15) is 0 Å².